The van der Waals surface area contributed by atoms with Crippen LogP contribution in [0.25, 0.3) is 0 Å². The Labute approximate surface area is 130 Å². The normalized spacial score (nSPS) is 11.8. The van der Waals surface area contributed by atoms with E-state index in [1.54, 1.807) is 28.9 Å². The zero-order valence-corrected chi connectivity index (χ0v) is 13.8. The second kappa shape index (κ2) is 6.17. The van der Waals surface area contributed by atoms with E-state index >= 15 is 0 Å². The van der Waals surface area contributed by atoms with Gasteiger partial charge < -0.3 is 0 Å². The van der Waals surface area contributed by atoms with Crippen molar-refractivity contribution in [2.24, 2.45) is 7.05 Å². The number of halogens is 1. The molecule has 1 aromatic heterocycles. The topological polar surface area (TPSA) is 64.0 Å². The lowest BCUT2D eigenvalue weighted by molar-refractivity contribution is 0.580. The summed E-state index contributed by atoms with van der Waals surface area (Å²) in [5.41, 5.74) is 3.41. The quantitative estimate of drug-likeness (QED) is 0.916. The predicted octanol–water partition coefficient (Wildman–Crippen LogP) is 2.31. The average Bonchev–Trinajstić information content (AvgIpc) is 2.64. The van der Waals surface area contributed by atoms with Gasteiger partial charge >= 0.3 is 0 Å². The van der Waals surface area contributed by atoms with Crippen molar-refractivity contribution in [1.29, 1.82) is 0 Å². The zero-order chi connectivity index (χ0) is 15.6. The Morgan fingerprint density at radius 3 is 2.38 bits per heavy atom. The van der Waals surface area contributed by atoms with E-state index in [-0.39, 0.29) is 12.3 Å². The molecule has 1 N–H and O–H groups in total. The molecule has 114 valence electrons. The molecule has 0 bridgehead atoms. The van der Waals surface area contributed by atoms with Gasteiger partial charge in [-0.2, -0.15) is 5.10 Å². The molecule has 2 rings (SSSR count). The molecule has 2 aromatic rings. The Balaban J connectivity index is 2.06. The van der Waals surface area contributed by atoms with Crippen molar-refractivity contribution in [1.82, 2.24) is 14.5 Å². The molecule has 1 aromatic carbocycles. The Kier molecular flexibility index (Phi) is 4.70. The molecular formula is C14H18ClN3O2S. The summed E-state index contributed by atoms with van der Waals surface area (Å²) in [6.45, 7) is 4.04. The molecular weight excluding hydrogens is 310 g/mol. The van der Waals surface area contributed by atoms with Crippen molar-refractivity contribution in [2.45, 2.75) is 26.1 Å². The van der Waals surface area contributed by atoms with E-state index in [0.717, 1.165) is 17.0 Å². The maximum absolute atomic E-state index is 12.1. The second-order valence-corrected chi connectivity index (χ2v) is 7.22. The van der Waals surface area contributed by atoms with Gasteiger partial charge in [0.15, 0.2) is 0 Å². The first kappa shape index (κ1) is 16.0. The van der Waals surface area contributed by atoms with Gasteiger partial charge in [0.25, 0.3) is 0 Å². The van der Waals surface area contributed by atoms with E-state index in [0.29, 0.717) is 10.6 Å². The fourth-order valence-corrected chi connectivity index (χ4v) is 3.33. The second-order valence-electron chi connectivity index (χ2n) is 4.98. The third-order valence-corrected chi connectivity index (χ3v) is 4.95. The maximum atomic E-state index is 12.1. The fourth-order valence-electron chi connectivity index (χ4n) is 2.11. The number of benzene rings is 1. The standard InChI is InChI=1S/C14H18ClN3O2S/c1-10-14(11(2)18(3)17-10)8-16-21(19,20)9-12-4-6-13(15)7-5-12/h4-7,16H,8-9H2,1-3H3. The van der Waals surface area contributed by atoms with Gasteiger partial charge in [0.2, 0.25) is 10.0 Å². The smallest absolute Gasteiger partial charge is 0.216 e. The molecule has 0 radical (unpaired) electrons. The van der Waals surface area contributed by atoms with Crippen LogP contribution in [0.5, 0.6) is 0 Å². The number of hydrogen-bond acceptors (Lipinski definition) is 3. The van der Waals surface area contributed by atoms with Gasteiger partial charge in [-0.25, -0.2) is 13.1 Å². The van der Waals surface area contributed by atoms with Crippen LogP contribution in [0, 0.1) is 13.8 Å². The first-order valence-corrected chi connectivity index (χ1v) is 8.52. The number of rotatable bonds is 5. The molecule has 1 heterocycles. The summed E-state index contributed by atoms with van der Waals surface area (Å²) >= 11 is 5.79. The number of hydrogen-bond donors (Lipinski definition) is 1. The minimum atomic E-state index is -3.40. The van der Waals surface area contributed by atoms with Crippen LogP contribution < -0.4 is 4.72 Å². The molecule has 0 unspecified atom stereocenters. The molecule has 0 aliphatic heterocycles. The first-order valence-electron chi connectivity index (χ1n) is 6.49. The molecule has 0 atom stereocenters. The minimum Gasteiger partial charge on any atom is -0.272 e. The number of sulfonamides is 1. The van der Waals surface area contributed by atoms with E-state index in [2.05, 4.69) is 9.82 Å². The van der Waals surface area contributed by atoms with Crippen molar-refractivity contribution < 1.29 is 8.42 Å². The van der Waals surface area contributed by atoms with E-state index in [1.165, 1.54) is 0 Å². The highest BCUT2D eigenvalue weighted by molar-refractivity contribution is 7.88. The van der Waals surface area contributed by atoms with Gasteiger partial charge in [-0.1, -0.05) is 23.7 Å². The lowest BCUT2D eigenvalue weighted by atomic mass is 10.2. The first-order chi connectivity index (χ1) is 9.78. The molecule has 7 heteroatoms. The minimum absolute atomic E-state index is 0.0669. The van der Waals surface area contributed by atoms with Crippen molar-refractivity contribution in [3.05, 3.63) is 51.8 Å². The predicted molar refractivity (Wildman–Crippen MR) is 83.6 cm³/mol. The van der Waals surface area contributed by atoms with Crippen LogP contribution in [0.1, 0.15) is 22.5 Å². The highest BCUT2D eigenvalue weighted by Gasteiger charge is 2.15. The lowest BCUT2D eigenvalue weighted by Gasteiger charge is -2.07. The Bertz CT molecular complexity index is 736. The van der Waals surface area contributed by atoms with Crippen LogP contribution in [0.3, 0.4) is 0 Å². The van der Waals surface area contributed by atoms with Crippen LogP contribution in [-0.2, 0) is 29.4 Å². The molecule has 21 heavy (non-hydrogen) atoms. The lowest BCUT2D eigenvalue weighted by Crippen LogP contribution is -2.25. The van der Waals surface area contributed by atoms with Gasteiger partial charge in [-0.05, 0) is 31.5 Å². The zero-order valence-electron chi connectivity index (χ0n) is 12.2. The molecule has 0 aliphatic carbocycles. The van der Waals surface area contributed by atoms with Crippen LogP contribution >= 0.6 is 11.6 Å². The van der Waals surface area contributed by atoms with E-state index in [4.69, 9.17) is 11.6 Å². The van der Waals surface area contributed by atoms with Crippen LogP contribution in [-0.4, -0.2) is 18.2 Å². The third kappa shape index (κ3) is 4.06. The summed E-state index contributed by atoms with van der Waals surface area (Å²) < 4.78 is 28.6. The third-order valence-electron chi connectivity index (χ3n) is 3.40. The van der Waals surface area contributed by atoms with E-state index in [1.807, 2.05) is 20.9 Å². The largest absolute Gasteiger partial charge is 0.272 e. The summed E-state index contributed by atoms with van der Waals surface area (Å²) in [6.07, 6.45) is 0. The molecule has 0 aliphatic rings. The molecule has 0 saturated carbocycles. The van der Waals surface area contributed by atoms with Gasteiger partial charge in [0, 0.05) is 29.9 Å². The van der Waals surface area contributed by atoms with Crippen molar-refractivity contribution in [3.8, 4) is 0 Å². The monoisotopic (exact) mass is 327 g/mol. The van der Waals surface area contributed by atoms with Crippen molar-refractivity contribution in [3.63, 3.8) is 0 Å². The Morgan fingerprint density at radius 2 is 1.86 bits per heavy atom. The molecule has 0 amide bonds. The summed E-state index contributed by atoms with van der Waals surface area (Å²) in [7, 11) is -1.56. The summed E-state index contributed by atoms with van der Waals surface area (Å²) in [6, 6.07) is 6.79. The highest BCUT2D eigenvalue weighted by Crippen LogP contribution is 2.14. The number of nitrogens with one attached hydrogen (secondary N) is 1. The SMILES string of the molecule is Cc1nn(C)c(C)c1CNS(=O)(=O)Cc1ccc(Cl)cc1. The van der Waals surface area contributed by atoms with Gasteiger partial charge in [0.1, 0.15) is 0 Å². The number of nitrogens with zero attached hydrogens (tertiary/aromatic N) is 2. The highest BCUT2D eigenvalue weighted by atomic mass is 35.5. The fraction of sp³-hybridized carbons (Fsp3) is 0.357. The average molecular weight is 328 g/mol. The van der Waals surface area contributed by atoms with Gasteiger partial charge in [0.05, 0.1) is 11.4 Å². The summed E-state index contributed by atoms with van der Waals surface area (Å²) in [5.74, 6) is -0.0669. The molecule has 0 saturated heterocycles. The van der Waals surface area contributed by atoms with E-state index in [9.17, 15) is 8.42 Å². The number of aromatic nitrogens is 2. The molecule has 0 fully saturated rings. The van der Waals surface area contributed by atoms with Crippen molar-refractivity contribution >= 4 is 21.6 Å². The van der Waals surface area contributed by atoms with Crippen LogP contribution in [0.2, 0.25) is 5.02 Å². The maximum Gasteiger partial charge on any atom is 0.216 e. The Morgan fingerprint density at radius 1 is 1.24 bits per heavy atom. The Hall–Kier alpha value is -1.37. The summed E-state index contributed by atoms with van der Waals surface area (Å²) in [4.78, 5) is 0. The van der Waals surface area contributed by atoms with Crippen molar-refractivity contribution in [2.75, 3.05) is 0 Å². The molecule has 5 nitrogen and oxygen atoms in total. The van der Waals surface area contributed by atoms with E-state index < -0.39 is 10.0 Å². The summed E-state index contributed by atoms with van der Waals surface area (Å²) in [5, 5.41) is 4.86. The molecule has 0 spiro atoms. The van der Waals surface area contributed by atoms with Gasteiger partial charge in [-0.15, -0.1) is 0 Å². The van der Waals surface area contributed by atoms with Gasteiger partial charge in [-0.3, -0.25) is 4.68 Å². The number of aryl methyl sites for hydroxylation is 2. The van der Waals surface area contributed by atoms with Crippen LogP contribution in [0.15, 0.2) is 24.3 Å². The van der Waals surface area contributed by atoms with Crippen LogP contribution in [0.4, 0.5) is 0 Å².